The summed E-state index contributed by atoms with van der Waals surface area (Å²) in [5.41, 5.74) is 2.08. The van der Waals surface area contributed by atoms with Gasteiger partial charge in [-0.15, -0.1) is 0 Å². The Morgan fingerprint density at radius 1 is 1.03 bits per heavy atom. The van der Waals surface area contributed by atoms with Gasteiger partial charge < -0.3 is 19.7 Å². The van der Waals surface area contributed by atoms with Crippen LogP contribution in [0.5, 0.6) is 11.5 Å². The van der Waals surface area contributed by atoms with Gasteiger partial charge in [0.2, 0.25) is 5.91 Å². The van der Waals surface area contributed by atoms with Gasteiger partial charge in [0.05, 0.1) is 25.8 Å². The molecule has 0 saturated carbocycles. The number of halogens is 2. The zero-order valence-electron chi connectivity index (χ0n) is 20.9. The number of hydrogen-bond acceptors (Lipinski definition) is 5. The summed E-state index contributed by atoms with van der Waals surface area (Å²) >= 11 is 18.2. The maximum Gasteiger partial charge on any atom is 0.256 e. The number of nitrogens with one attached hydrogen (secondary N) is 1. The molecule has 1 aliphatic heterocycles. The van der Waals surface area contributed by atoms with E-state index in [1.54, 1.807) is 72.7 Å². The lowest BCUT2D eigenvalue weighted by atomic mass is 10.1. The van der Waals surface area contributed by atoms with Gasteiger partial charge in [0, 0.05) is 22.3 Å². The molecule has 0 radical (unpaired) electrons. The van der Waals surface area contributed by atoms with E-state index in [0.29, 0.717) is 57.6 Å². The van der Waals surface area contributed by atoms with Crippen molar-refractivity contribution in [2.24, 2.45) is 0 Å². The fraction of sp³-hybridized carbons (Fsp3) is 0.250. The van der Waals surface area contributed by atoms with E-state index < -0.39 is 6.04 Å². The van der Waals surface area contributed by atoms with Crippen molar-refractivity contribution < 1.29 is 19.1 Å². The topological polar surface area (TPSA) is 71.1 Å². The second kappa shape index (κ2) is 12.5. The van der Waals surface area contributed by atoms with Gasteiger partial charge in [0.1, 0.15) is 17.5 Å². The fourth-order valence-electron chi connectivity index (χ4n) is 4.21. The third-order valence-corrected chi connectivity index (χ3v) is 7.12. The molecule has 1 fully saturated rings. The van der Waals surface area contributed by atoms with E-state index in [4.69, 9.17) is 44.9 Å². The van der Waals surface area contributed by atoms with Gasteiger partial charge in [-0.25, -0.2) is 0 Å². The zero-order valence-corrected chi connectivity index (χ0v) is 23.3. The van der Waals surface area contributed by atoms with Gasteiger partial charge in [-0.05, 0) is 91.8 Å². The molecule has 3 aromatic rings. The van der Waals surface area contributed by atoms with Crippen molar-refractivity contribution in [2.45, 2.75) is 25.8 Å². The van der Waals surface area contributed by atoms with E-state index in [1.165, 1.54) is 4.90 Å². The normalized spacial score (nSPS) is 15.1. The van der Waals surface area contributed by atoms with Gasteiger partial charge in [-0.3, -0.25) is 14.5 Å². The Labute approximate surface area is 237 Å². The lowest BCUT2D eigenvalue weighted by Crippen LogP contribution is -2.39. The van der Waals surface area contributed by atoms with Crippen molar-refractivity contribution in [1.29, 1.82) is 0 Å². The third-order valence-electron chi connectivity index (χ3n) is 6.11. The average Bonchev–Trinajstić information content (AvgIpc) is 3.13. The predicted octanol–water partition coefficient (Wildman–Crippen LogP) is 5.97. The third kappa shape index (κ3) is 6.38. The van der Waals surface area contributed by atoms with Crippen molar-refractivity contribution in [3.05, 3.63) is 82.3 Å². The number of amides is 2. The first-order chi connectivity index (χ1) is 18.3. The maximum absolute atomic E-state index is 13.6. The minimum absolute atomic E-state index is 0.0762. The summed E-state index contributed by atoms with van der Waals surface area (Å²) in [6, 6.07) is 18.6. The van der Waals surface area contributed by atoms with E-state index in [9.17, 15) is 9.59 Å². The average molecular weight is 573 g/mol. The number of thiocarbonyl (C=S) groups is 1. The number of rotatable bonds is 10. The van der Waals surface area contributed by atoms with Crippen LogP contribution in [0.25, 0.3) is 0 Å². The molecule has 4 rings (SSSR count). The number of methoxy groups -OCH3 is 1. The monoisotopic (exact) mass is 571 g/mol. The molecular formula is C28H27Cl2N3O4S. The molecule has 1 saturated heterocycles. The molecule has 198 valence electrons. The van der Waals surface area contributed by atoms with Crippen LogP contribution in [0.15, 0.2) is 66.7 Å². The number of benzene rings is 3. The number of hydrogen-bond donors (Lipinski definition) is 1. The van der Waals surface area contributed by atoms with Gasteiger partial charge in [-0.1, -0.05) is 29.3 Å². The summed E-state index contributed by atoms with van der Waals surface area (Å²) in [5.74, 6) is 0.793. The predicted molar refractivity (Wildman–Crippen MR) is 155 cm³/mol. The fourth-order valence-corrected chi connectivity index (χ4v) is 5.13. The quantitative estimate of drug-likeness (QED) is 0.302. The Hall–Kier alpha value is -3.33. The minimum atomic E-state index is -0.779. The van der Waals surface area contributed by atoms with E-state index in [-0.39, 0.29) is 18.2 Å². The van der Waals surface area contributed by atoms with Crippen LogP contribution < -0.4 is 19.7 Å². The van der Waals surface area contributed by atoms with Gasteiger partial charge in [0.25, 0.3) is 5.91 Å². The minimum Gasteiger partial charge on any atom is -0.497 e. The van der Waals surface area contributed by atoms with E-state index in [1.807, 2.05) is 13.0 Å². The Kier molecular flexibility index (Phi) is 9.09. The smallest absolute Gasteiger partial charge is 0.256 e. The van der Waals surface area contributed by atoms with Crippen molar-refractivity contribution in [2.75, 3.05) is 30.5 Å². The summed E-state index contributed by atoms with van der Waals surface area (Å²) in [7, 11) is 1.57. The Morgan fingerprint density at radius 3 is 2.34 bits per heavy atom. The van der Waals surface area contributed by atoms with Crippen LogP contribution in [0.3, 0.4) is 0 Å². The lowest BCUT2D eigenvalue weighted by molar-refractivity contribution is -0.124. The van der Waals surface area contributed by atoms with Crippen LogP contribution in [0, 0.1) is 0 Å². The first-order valence-electron chi connectivity index (χ1n) is 12.1. The van der Waals surface area contributed by atoms with Gasteiger partial charge >= 0.3 is 0 Å². The second-order valence-electron chi connectivity index (χ2n) is 8.56. The largest absolute Gasteiger partial charge is 0.497 e. The number of anilines is 2. The number of carbonyl (C=O) groups is 2. The molecule has 3 aromatic carbocycles. The molecule has 0 unspecified atom stereocenters. The highest BCUT2D eigenvalue weighted by Gasteiger charge is 2.44. The van der Waals surface area contributed by atoms with Crippen molar-refractivity contribution >= 4 is 63.7 Å². The Balaban J connectivity index is 1.54. The Morgan fingerprint density at radius 2 is 1.71 bits per heavy atom. The summed E-state index contributed by atoms with van der Waals surface area (Å²) in [5, 5.41) is 4.26. The molecule has 1 atom stereocenters. The summed E-state index contributed by atoms with van der Waals surface area (Å²) in [4.78, 5) is 29.9. The van der Waals surface area contributed by atoms with Crippen molar-refractivity contribution in [1.82, 2.24) is 4.90 Å². The van der Waals surface area contributed by atoms with Crippen molar-refractivity contribution in [3.8, 4) is 11.5 Å². The number of ether oxygens (including phenoxy) is 2. The molecule has 0 bridgehead atoms. The molecular weight excluding hydrogens is 545 g/mol. The first-order valence-corrected chi connectivity index (χ1v) is 13.2. The van der Waals surface area contributed by atoms with Crippen LogP contribution in [0.4, 0.5) is 11.4 Å². The van der Waals surface area contributed by atoms with Crippen LogP contribution in [-0.2, 0) is 16.0 Å². The lowest BCUT2D eigenvalue weighted by Gasteiger charge is -2.24. The van der Waals surface area contributed by atoms with Crippen LogP contribution in [0.2, 0.25) is 10.0 Å². The summed E-state index contributed by atoms with van der Waals surface area (Å²) in [6.45, 7) is 2.84. The molecule has 10 heteroatoms. The van der Waals surface area contributed by atoms with Crippen LogP contribution in [-0.4, -0.2) is 48.1 Å². The SMILES string of the molecule is CCOc1ccc(NC(=O)C[C@H]2C(=O)N(c3ccc(OC)cc3)C(=S)N2CCc2ccc(Cl)cc2Cl)cc1. The van der Waals surface area contributed by atoms with Crippen LogP contribution >= 0.6 is 35.4 Å². The number of nitrogens with zero attached hydrogens (tertiary/aromatic N) is 2. The maximum atomic E-state index is 13.6. The highest BCUT2D eigenvalue weighted by molar-refractivity contribution is 7.80. The summed E-state index contributed by atoms with van der Waals surface area (Å²) < 4.78 is 10.7. The van der Waals surface area contributed by atoms with E-state index in [0.717, 1.165) is 5.56 Å². The molecule has 1 N–H and O–H groups in total. The van der Waals surface area contributed by atoms with E-state index in [2.05, 4.69) is 5.32 Å². The zero-order chi connectivity index (χ0) is 27.2. The molecule has 0 spiro atoms. The molecule has 1 aliphatic rings. The first kappa shape index (κ1) is 27.7. The van der Waals surface area contributed by atoms with Gasteiger partial charge in [-0.2, -0.15) is 0 Å². The van der Waals surface area contributed by atoms with Gasteiger partial charge in [0.15, 0.2) is 5.11 Å². The molecule has 2 amide bonds. The molecule has 0 aromatic heterocycles. The number of carbonyl (C=O) groups excluding carboxylic acids is 2. The highest BCUT2D eigenvalue weighted by atomic mass is 35.5. The highest BCUT2D eigenvalue weighted by Crippen LogP contribution is 2.30. The standard InChI is InChI=1S/C28H27Cl2N3O4S/c1-3-37-23-10-6-20(7-11-23)31-26(34)17-25-27(35)33(21-8-12-22(36-2)13-9-21)28(38)32(25)15-14-18-4-5-19(29)16-24(18)30/h4-13,16,25H,3,14-15,17H2,1-2H3,(H,31,34)/t25-/m0/s1. The van der Waals surface area contributed by atoms with E-state index >= 15 is 0 Å². The molecule has 38 heavy (non-hydrogen) atoms. The van der Waals surface area contributed by atoms with Crippen molar-refractivity contribution in [3.63, 3.8) is 0 Å². The Bertz CT molecular complexity index is 1320. The summed E-state index contributed by atoms with van der Waals surface area (Å²) in [6.07, 6.45) is 0.435. The molecule has 1 heterocycles. The molecule has 0 aliphatic carbocycles. The second-order valence-corrected chi connectivity index (χ2v) is 9.77. The molecule has 7 nitrogen and oxygen atoms in total. The van der Waals surface area contributed by atoms with Crippen LogP contribution in [0.1, 0.15) is 18.9 Å².